The van der Waals surface area contributed by atoms with E-state index < -0.39 is 0 Å². The Kier molecular flexibility index (Phi) is 9.13. The summed E-state index contributed by atoms with van der Waals surface area (Å²) in [5.74, 6) is 0.393. The fourth-order valence-corrected chi connectivity index (χ4v) is 2.50. The molecular weight excluding hydrogens is 344 g/mol. The minimum absolute atomic E-state index is 0.00114. The van der Waals surface area contributed by atoms with Gasteiger partial charge in [0.05, 0.1) is 24.8 Å². The highest BCUT2D eigenvalue weighted by atomic mass is 35.5. The van der Waals surface area contributed by atoms with Gasteiger partial charge in [0, 0.05) is 18.7 Å². The highest BCUT2D eigenvalue weighted by Crippen LogP contribution is 2.37. The van der Waals surface area contributed by atoms with E-state index >= 15 is 0 Å². The highest BCUT2D eigenvalue weighted by Gasteiger charge is 2.21. The molecule has 0 heterocycles. The van der Waals surface area contributed by atoms with Crippen LogP contribution in [0.2, 0.25) is 5.02 Å². The van der Waals surface area contributed by atoms with Crippen molar-refractivity contribution in [3.63, 3.8) is 0 Å². The number of nitrogens with zero attached hydrogens (tertiary/aromatic N) is 1. The first-order chi connectivity index (χ1) is 12.0. The lowest BCUT2D eigenvalue weighted by Gasteiger charge is -2.21. The molecule has 6 nitrogen and oxygen atoms in total. The van der Waals surface area contributed by atoms with E-state index in [4.69, 9.17) is 21.1 Å². The number of halogens is 1. The second-order valence-electron chi connectivity index (χ2n) is 5.34. The number of rotatable bonds is 10. The number of carbonyl (C=O) groups is 2. The number of amides is 2. The third-order valence-corrected chi connectivity index (χ3v) is 3.66. The lowest BCUT2D eigenvalue weighted by molar-refractivity contribution is -0.121. The third kappa shape index (κ3) is 6.12. The van der Waals surface area contributed by atoms with Crippen LogP contribution >= 0.6 is 11.6 Å². The number of nitrogens with one attached hydrogen (secondary N) is 1. The predicted octanol–water partition coefficient (Wildman–Crippen LogP) is 3.13. The fraction of sp³-hybridized carbons (Fsp3) is 0.556. The van der Waals surface area contributed by atoms with Gasteiger partial charge < -0.3 is 19.7 Å². The number of hydrogen-bond donors (Lipinski definition) is 1. The lowest BCUT2D eigenvalue weighted by Crippen LogP contribution is -2.40. The molecule has 0 unspecified atom stereocenters. The number of hydrogen-bond acceptors (Lipinski definition) is 4. The Labute approximate surface area is 154 Å². The zero-order valence-electron chi connectivity index (χ0n) is 15.4. The van der Waals surface area contributed by atoms with Crippen LogP contribution in [0.25, 0.3) is 0 Å². The molecule has 0 radical (unpaired) electrons. The van der Waals surface area contributed by atoms with Crippen molar-refractivity contribution < 1.29 is 19.1 Å². The van der Waals surface area contributed by atoms with Gasteiger partial charge in [-0.05, 0) is 39.3 Å². The normalized spacial score (nSPS) is 10.3. The summed E-state index contributed by atoms with van der Waals surface area (Å²) in [7, 11) is 0. The molecule has 0 saturated heterocycles. The van der Waals surface area contributed by atoms with Gasteiger partial charge in [-0.25, -0.2) is 0 Å². The second-order valence-corrected chi connectivity index (χ2v) is 5.75. The highest BCUT2D eigenvalue weighted by molar-refractivity contribution is 6.32. The maximum Gasteiger partial charge on any atom is 0.254 e. The van der Waals surface area contributed by atoms with E-state index in [9.17, 15) is 9.59 Å². The van der Waals surface area contributed by atoms with Crippen LogP contribution in [0.15, 0.2) is 12.1 Å². The standard InChI is InChI=1S/C18H27ClN2O4/c1-5-9-25-17-14(19)10-13(11-15(17)24-8-4)18(23)21(7-3)12-16(22)20-6-2/h10-11H,5-9,12H2,1-4H3,(H,20,22). The Bertz CT molecular complexity index is 593. The molecule has 7 heteroatoms. The van der Waals surface area contributed by atoms with E-state index in [2.05, 4.69) is 5.32 Å². The maximum atomic E-state index is 12.7. The molecule has 140 valence electrons. The van der Waals surface area contributed by atoms with Crippen molar-refractivity contribution in [3.05, 3.63) is 22.7 Å². The fourth-order valence-electron chi connectivity index (χ4n) is 2.23. The summed E-state index contributed by atoms with van der Waals surface area (Å²) in [5, 5.41) is 3.00. The maximum absolute atomic E-state index is 12.7. The summed E-state index contributed by atoms with van der Waals surface area (Å²) >= 11 is 6.30. The van der Waals surface area contributed by atoms with E-state index in [1.165, 1.54) is 4.90 Å². The van der Waals surface area contributed by atoms with Gasteiger partial charge in [-0.2, -0.15) is 0 Å². The molecule has 0 spiro atoms. The monoisotopic (exact) mass is 370 g/mol. The van der Waals surface area contributed by atoms with Crippen molar-refractivity contribution >= 4 is 23.4 Å². The second kappa shape index (κ2) is 10.8. The van der Waals surface area contributed by atoms with Crippen LogP contribution in [0.3, 0.4) is 0 Å². The summed E-state index contributed by atoms with van der Waals surface area (Å²) < 4.78 is 11.2. The number of benzene rings is 1. The summed E-state index contributed by atoms with van der Waals surface area (Å²) in [6, 6.07) is 3.17. The van der Waals surface area contributed by atoms with Crippen LogP contribution in [0.4, 0.5) is 0 Å². The summed E-state index contributed by atoms with van der Waals surface area (Å²) in [6.45, 7) is 9.35. The van der Waals surface area contributed by atoms with Crippen molar-refractivity contribution in [3.8, 4) is 11.5 Å². The number of carbonyl (C=O) groups excluding carboxylic acids is 2. The van der Waals surface area contributed by atoms with Gasteiger partial charge in [-0.1, -0.05) is 18.5 Å². The molecule has 0 aliphatic rings. The summed E-state index contributed by atoms with van der Waals surface area (Å²) in [5.41, 5.74) is 0.364. The quantitative estimate of drug-likeness (QED) is 0.687. The summed E-state index contributed by atoms with van der Waals surface area (Å²) in [4.78, 5) is 26.0. The molecule has 0 bridgehead atoms. The van der Waals surface area contributed by atoms with Crippen molar-refractivity contribution in [2.24, 2.45) is 0 Å². The minimum Gasteiger partial charge on any atom is -0.490 e. The van der Waals surface area contributed by atoms with Gasteiger partial charge in [-0.15, -0.1) is 0 Å². The first-order valence-electron chi connectivity index (χ1n) is 8.63. The van der Waals surface area contributed by atoms with E-state index in [1.807, 2.05) is 27.7 Å². The molecule has 1 N–H and O–H groups in total. The zero-order valence-corrected chi connectivity index (χ0v) is 16.1. The van der Waals surface area contributed by atoms with Gasteiger partial charge in [-0.3, -0.25) is 9.59 Å². The third-order valence-electron chi connectivity index (χ3n) is 3.38. The Morgan fingerprint density at radius 3 is 2.44 bits per heavy atom. The Hall–Kier alpha value is -1.95. The number of likely N-dealkylation sites (N-methyl/N-ethyl adjacent to an activating group) is 2. The summed E-state index contributed by atoms with van der Waals surface area (Å²) in [6.07, 6.45) is 0.832. The van der Waals surface area contributed by atoms with Crippen LogP contribution in [0, 0.1) is 0 Å². The number of ether oxygens (including phenoxy) is 2. The zero-order chi connectivity index (χ0) is 18.8. The van der Waals surface area contributed by atoms with Crippen molar-refractivity contribution in [2.75, 3.05) is 32.8 Å². The molecule has 1 aromatic rings. The Morgan fingerprint density at radius 1 is 1.16 bits per heavy atom. The molecule has 1 rings (SSSR count). The van der Waals surface area contributed by atoms with Crippen molar-refractivity contribution in [1.29, 1.82) is 0 Å². The van der Waals surface area contributed by atoms with E-state index in [-0.39, 0.29) is 18.4 Å². The van der Waals surface area contributed by atoms with Crippen molar-refractivity contribution in [1.82, 2.24) is 10.2 Å². The smallest absolute Gasteiger partial charge is 0.254 e. The van der Waals surface area contributed by atoms with Crippen molar-refractivity contribution in [2.45, 2.75) is 34.1 Å². The van der Waals surface area contributed by atoms with Gasteiger partial charge in [0.25, 0.3) is 5.91 Å². The lowest BCUT2D eigenvalue weighted by atomic mass is 10.1. The first kappa shape index (κ1) is 21.1. The van der Waals surface area contributed by atoms with E-state index in [1.54, 1.807) is 12.1 Å². The molecule has 0 aliphatic heterocycles. The first-order valence-corrected chi connectivity index (χ1v) is 9.01. The van der Waals surface area contributed by atoms with Crippen LogP contribution in [-0.4, -0.2) is 49.6 Å². The van der Waals surface area contributed by atoms with Crippen LogP contribution in [-0.2, 0) is 4.79 Å². The van der Waals surface area contributed by atoms with Gasteiger partial charge in [0.2, 0.25) is 5.91 Å². The molecule has 0 aromatic heterocycles. The SMILES string of the molecule is CCCOc1c(Cl)cc(C(=O)N(CC)CC(=O)NCC)cc1OCC. The average molecular weight is 371 g/mol. The van der Waals surface area contributed by atoms with Crippen LogP contribution < -0.4 is 14.8 Å². The van der Waals surface area contributed by atoms with Crippen LogP contribution in [0.5, 0.6) is 11.5 Å². The Balaban J connectivity index is 3.09. The molecule has 25 heavy (non-hydrogen) atoms. The molecule has 1 aromatic carbocycles. The minimum atomic E-state index is -0.279. The van der Waals surface area contributed by atoms with E-state index in [0.29, 0.717) is 48.4 Å². The molecule has 0 saturated carbocycles. The van der Waals surface area contributed by atoms with E-state index in [0.717, 1.165) is 6.42 Å². The largest absolute Gasteiger partial charge is 0.490 e. The van der Waals surface area contributed by atoms with Gasteiger partial charge in [0.15, 0.2) is 11.5 Å². The molecule has 2 amide bonds. The average Bonchev–Trinajstić information content (AvgIpc) is 2.58. The predicted molar refractivity (Wildman–Crippen MR) is 98.7 cm³/mol. The molecule has 0 aliphatic carbocycles. The van der Waals surface area contributed by atoms with Gasteiger partial charge in [0.1, 0.15) is 0 Å². The molecule has 0 atom stereocenters. The topological polar surface area (TPSA) is 67.9 Å². The molecular formula is C18H27ClN2O4. The Morgan fingerprint density at radius 2 is 1.88 bits per heavy atom. The van der Waals surface area contributed by atoms with Crippen LogP contribution in [0.1, 0.15) is 44.5 Å². The van der Waals surface area contributed by atoms with Gasteiger partial charge >= 0.3 is 0 Å². The molecule has 0 fully saturated rings.